The van der Waals surface area contributed by atoms with Crippen LogP contribution in [0.4, 0.5) is 0 Å². The molecule has 144 valence electrons. The third-order valence-corrected chi connectivity index (χ3v) is 4.43. The van der Waals surface area contributed by atoms with Crippen molar-refractivity contribution >= 4 is 23.8 Å². The van der Waals surface area contributed by atoms with Crippen molar-refractivity contribution in [1.29, 1.82) is 0 Å². The molecule has 0 atom stereocenters. The van der Waals surface area contributed by atoms with E-state index in [9.17, 15) is 9.59 Å². The van der Waals surface area contributed by atoms with E-state index >= 15 is 0 Å². The van der Waals surface area contributed by atoms with Crippen LogP contribution in [0.25, 0.3) is 11.8 Å². The zero-order chi connectivity index (χ0) is 20.1. The lowest BCUT2D eigenvalue weighted by molar-refractivity contribution is -0.133. The Labute approximate surface area is 164 Å². The van der Waals surface area contributed by atoms with E-state index in [4.69, 9.17) is 14.2 Å². The fourth-order valence-electron chi connectivity index (χ4n) is 3.02. The fraction of sp³-hybridized carbons (Fsp3) is 0.217. The van der Waals surface area contributed by atoms with E-state index < -0.39 is 5.97 Å². The normalized spacial score (nSPS) is 15.8. The average molecular weight is 378 g/mol. The minimum Gasteiger partial charge on any atom is -0.493 e. The van der Waals surface area contributed by atoms with E-state index in [0.717, 1.165) is 23.1 Å². The number of allylic oxidation sites excluding steroid dienone is 1. The molecule has 28 heavy (non-hydrogen) atoms. The molecule has 1 aliphatic rings. The highest BCUT2D eigenvalue weighted by Crippen LogP contribution is 2.32. The molecule has 0 aromatic heterocycles. The number of rotatable bonds is 4. The van der Waals surface area contributed by atoms with Gasteiger partial charge in [-0.1, -0.05) is 36.4 Å². The fourth-order valence-corrected chi connectivity index (χ4v) is 3.02. The molecule has 3 rings (SSSR count). The second-order valence-electron chi connectivity index (χ2n) is 6.54. The molecule has 0 radical (unpaired) electrons. The van der Waals surface area contributed by atoms with E-state index in [1.165, 1.54) is 14.0 Å². The Morgan fingerprint density at radius 1 is 1.07 bits per heavy atom. The van der Waals surface area contributed by atoms with Crippen LogP contribution in [0.5, 0.6) is 11.5 Å². The molecule has 0 saturated heterocycles. The molecule has 0 spiro atoms. The molecular formula is C23H22O5. The van der Waals surface area contributed by atoms with Crippen molar-refractivity contribution in [1.82, 2.24) is 0 Å². The molecular weight excluding hydrogens is 356 g/mol. The van der Waals surface area contributed by atoms with Gasteiger partial charge in [0.05, 0.1) is 7.11 Å². The molecule has 2 aromatic rings. The minimum absolute atomic E-state index is 0.337. The van der Waals surface area contributed by atoms with Gasteiger partial charge in [0.15, 0.2) is 11.5 Å². The standard InChI is InChI=1S/C23H22O5/c1-15-9-11-19(23(25)28-22(15)18-7-5-4-6-8-18)13-17-10-12-20(27-16(2)24)21(14-17)26-3/h4-8,10,12-14H,9,11H2,1-3H3/b19-13-. The molecule has 2 aromatic carbocycles. The zero-order valence-electron chi connectivity index (χ0n) is 16.2. The SMILES string of the molecule is COc1cc(/C=C2/CCC(C)=C(c3ccccc3)OC2=O)ccc1OC(C)=O. The topological polar surface area (TPSA) is 61.8 Å². The first-order valence-corrected chi connectivity index (χ1v) is 9.02. The third kappa shape index (κ3) is 4.49. The first-order valence-electron chi connectivity index (χ1n) is 9.02. The number of esters is 2. The van der Waals surface area contributed by atoms with E-state index in [1.54, 1.807) is 24.3 Å². The lowest BCUT2D eigenvalue weighted by Gasteiger charge is -2.10. The van der Waals surface area contributed by atoms with Crippen LogP contribution < -0.4 is 9.47 Å². The van der Waals surface area contributed by atoms with Crippen molar-refractivity contribution in [3.63, 3.8) is 0 Å². The summed E-state index contributed by atoms with van der Waals surface area (Å²) in [6.45, 7) is 3.31. The predicted octanol–water partition coefficient (Wildman–Crippen LogP) is 4.77. The van der Waals surface area contributed by atoms with Gasteiger partial charge in [0.25, 0.3) is 0 Å². The highest BCUT2D eigenvalue weighted by atomic mass is 16.6. The summed E-state index contributed by atoms with van der Waals surface area (Å²) in [6, 6.07) is 14.8. The van der Waals surface area contributed by atoms with Crippen LogP contribution in [0.15, 0.2) is 59.7 Å². The number of cyclic esters (lactones) is 1. The summed E-state index contributed by atoms with van der Waals surface area (Å²) in [6.07, 6.45) is 3.09. The molecule has 0 N–H and O–H groups in total. The monoisotopic (exact) mass is 378 g/mol. The Bertz CT molecular complexity index is 954. The molecule has 0 bridgehead atoms. The van der Waals surface area contributed by atoms with Gasteiger partial charge in [-0.05, 0) is 49.1 Å². The molecule has 5 nitrogen and oxygen atoms in total. The van der Waals surface area contributed by atoms with Crippen molar-refractivity contribution in [2.75, 3.05) is 7.11 Å². The van der Waals surface area contributed by atoms with Crippen molar-refractivity contribution < 1.29 is 23.8 Å². The van der Waals surface area contributed by atoms with Crippen molar-refractivity contribution in [2.24, 2.45) is 0 Å². The van der Waals surface area contributed by atoms with Crippen molar-refractivity contribution in [2.45, 2.75) is 26.7 Å². The number of carbonyl (C=O) groups excluding carboxylic acids is 2. The quantitative estimate of drug-likeness (QED) is 0.436. The van der Waals surface area contributed by atoms with E-state index in [1.807, 2.05) is 37.3 Å². The number of hydrogen-bond donors (Lipinski definition) is 0. The first kappa shape index (κ1) is 19.4. The molecule has 0 unspecified atom stereocenters. The Kier molecular flexibility index (Phi) is 5.94. The van der Waals surface area contributed by atoms with Crippen LogP contribution in [-0.2, 0) is 14.3 Å². The van der Waals surface area contributed by atoms with Crippen LogP contribution in [0, 0.1) is 0 Å². The van der Waals surface area contributed by atoms with Crippen molar-refractivity contribution in [3.8, 4) is 11.5 Å². The van der Waals surface area contributed by atoms with Gasteiger partial charge < -0.3 is 14.2 Å². The number of hydrogen-bond acceptors (Lipinski definition) is 5. The Morgan fingerprint density at radius 2 is 1.82 bits per heavy atom. The van der Waals surface area contributed by atoms with E-state index in [0.29, 0.717) is 29.3 Å². The maximum Gasteiger partial charge on any atom is 0.339 e. The lowest BCUT2D eigenvalue weighted by Crippen LogP contribution is -2.05. The van der Waals surface area contributed by atoms with Crippen LogP contribution >= 0.6 is 0 Å². The summed E-state index contributed by atoms with van der Waals surface area (Å²) in [5, 5.41) is 0. The van der Waals surface area contributed by atoms with Gasteiger partial charge in [-0.3, -0.25) is 4.79 Å². The largest absolute Gasteiger partial charge is 0.493 e. The number of ether oxygens (including phenoxy) is 3. The maximum absolute atomic E-state index is 12.7. The minimum atomic E-state index is -0.424. The Hall–Kier alpha value is -3.34. The smallest absolute Gasteiger partial charge is 0.339 e. The van der Waals surface area contributed by atoms with E-state index in [-0.39, 0.29) is 5.97 Å². The van der Waals surface area contributed by atoms with Gasteiger partial charge in [-0.25, -0.2) is 4.79 Å². The molecule has 1 heterocycles. The predicted molar refractivity (Wildman–Crippen MR) is 107 cm³/mol. The maximum atomic E-state index is 12.7. The number of methoxy groups -OCH3 is 1. The van der Waals surface area contributed by atoms with Crippen LogP contribution in [0.3, 0.4) is 0 Å². The van der Waals surface area contributed by atoms with Gasteiger partial charge in [0.2, 0.25) is 0 Å². The highest BCUT2D eigenvalue weighted by Gasteiger charge is 2.21. The molecule has 1 aliphatic heterocycles. The summed E-state index contributed by atoms with van der Waals surface area (Å²) in [7, 11) is 1.50. The molecule has 0 aliphatic carbocycles. The summed E-state index contributed by atoms with van der Waals surface area (Å²) in [4.78, 5) is 23.9. The lowest BCUT2D eigenvalue weighted by atomic mass is 10.0. The third-order valence-electron chi connectivity index (χ3n) is 4.43. The van der Waals surface area contributed by atoms with Gasteiger partial charge >= 0.3 is 11.9 Å². The van der Waals surface area contributed by atoms with Gasteiger partial charge in [0.1, 0.15) is 5.76 Å². The van der Waals surface area contributed by atoms with Crippen LogP contribution in [0.1, 0.15) is 37.8 Å². The van der Waals surface area contributed by atoms with Crippen molar-refractivity contribution in [3.05, 3.63) is 70.8 Å². The summed E-state index contributed by atoms with van der Waals surface area (Å²) in [5.74, 6) is 0.595. The zero-order valence-corrected chi connectivity index (χ0v) is 16.2. The van der Waals surface area contributed by atoms with Gasteiger partial charge in [-0.2, -0.15) is 0 Å². The Balaban J connectivity index is 1.86. The second kappa shape index (κ2) is 8.57. The van der Waals surface area contributed by atoms with Crippen LogP contribution in [-0.4, -0.2) is 19.0 Å². The molecule has 0 saturated carbocycles. The van der Waals surface area contributed by atoms with Gasteiger partial charge in [-0.15, -0.1) is 0 Å². The number of benzene rings is 2. The highest BCUT2D eigenvalue weighted by molar-refractivity contribution is 5.97. The second-order valence-corrected chi connectivity index (χ2v) is 6.54. The molecule has 5 heteroatoms. The first-order chi connectivity index (χ1) is 13.5. The molecule has 0 fully saturated rings. The van der Waals surface area contributed by atoms with E-state index in [2.05, 4.69) is 0 Å². The summed E-state index contributed by atoms with van der Waals surface area (Å²) < 4.78 is 16.1. The molecule has 0 amide bonds. The Morgan fingerprint density at radius 3 is 2.50 bits per heavy atom. The van der Waals surface area contributed by atoms with Crippen LogP contribution in [0.2, 0.25) is 0 Å². The number of carbonyl (C=O) groups is 2. The van der Waals surface area contributed by atoms with Gasteiger partial charge in [0, 0.05) is 18.1 Å². The summed E-state index contributed by atoms with van der Waals surface area (Å²) in [5.41, 5.74) is 3.26. The summed E-state index contributed by atoms with van der Waals surface area (Å²) >= 11 is 0. The average Bonchev–Trinajstić information content (AvgIpc) is 2.83.